The summed E-state index contributed by atoms with van der Waals surface area (Å²) in [7, 11) is 6.16. The second-order valence-corrected chi connectivity index (χ2v) is 6.71. The predicted molar refractivity (Wildman–Crippen MR) is 118 cm³/mol. The summed E-state index contributed by atoms with van der Waals surface area (Å²) in [6, 6.07) is 7.17. The van der Waals surface area contributed by atoms with Crippen molar-refractivity contribution >= 4 is 28.6 Å². The number of methoxy groups -OCH3 is 4. The zero-order valence-electron chi connectivity index (χ0n) is 18.1. The molecule has 0 saturated carbocycles. The predicted octanol–water partition coefficient (Wildman–Crippen LogP) is 4.93. The Hall–Kier alpha value is -3.87. The van der Waals surface area contributed by atoms with Crippen molar-refractivity contribution in [3.05, 3.63) is 59.4 Å². The normalized spacial score (nSPS) is 11.0. The summed E-state index contributed by atoms with van der Waals surface area (Å²) in [6.45, 7) is 6.13. The first kappa shape index (κ1) is 21.8. The number of ether oxygens (including phenoxy) is 4. The van der Waals surface area contributed by atoms with E-state index in [0.717, 1.165) is 22.6 Å². The lowest BCUT2D eigenvalue weighted by atomic mass is 10.00. The van der Waals surface area contributed by atoms with E-state index in [-0.39, 0.29) is 0 Å². The minimum atomic E-state index is -1.04. The van der Waals surface area contributed by atoms with Crippen molar-refractivity contribution in [3.8, 4) is 23.0 Å². The first-order valence-electron chi connectivity index (χ1n) is 9.36. The number of carboxylic acid groups (broad SMARTS) is 1. The number of carboxylic acids is 1. The molecule has 0 radical (unpaired) electrons. The monoisotopic (exact) mass is 424 g/mol. The highest BCUT2D eigenvalue weighted by atomic mass is 16.5. The molecule has 162 valence electrons. The van der Waals surface area contributed by atoms with Crippen LogP contribution in [0.5, 0.6) is 23.0 Å². The highest BCUT2D eigenvalue weighted by Crippen LogP contribution is 2.42. The molecular weight excluding hydrogens is 400 g/mol. The molecule has 1 aromatic heterocycles. The zero-order chi connectivity index (χ0) is 22.7. The lowest BCUT2D eigenvalue weighted by Gasteiger charge is -2.14. The maximum absolute atomic E-state index is 10.9. The highest BCUT2D eigenvalue weighted by molar-refractivity contribution is 5.93. The molecule has 1 heterocycles. The molecule has 0 unspecified atom stereocenters. The summed E-state index contributed by atoms with van der Waals surface area (Å²) >= 11 is 0. The van der Waals surface area contributed by atoms with Crippen LogP contribution in [-0.2, 0) is 4.79 Å². The van der Waals surface area contributed by atoms with E-state index in [1.807, 2.05) is 13.0 Å². The third-order valence-electron chi connectivity index (χ3n) is 4.98. The van der Waals surface area contributed by atoms with Crippen LogP contribution >= 0.6 is 0 Å². The quantitative estimate of drug-likeness (QED) is 0.513. The molecule has 3 aromatic rings. The van der Waals surface area contributed by atoms with Crippen LogP contribution in [0.4, 0.5) is 0 Å². The van der Waals surface area contributed by atoms with Gasteiger partial charge in [-0.25, -0.2) is 4.79 Å². The summed E-state index contributed by atoms with van der Waals surface area (Å²) in [5.74, 6) is 1.56. The zero-order valence-corrected chi connectivity index (χ0v) is 18.1. The van der Waals surface area contributed by atoms with Crippen molar-refractivity contribution < 1.29 is 33.3 Å². The molecule has 3 rings (SSSR count). The average Bonchev–Trinajstić information content (AvgIpc) is 3.10. The molecule has 0 aliphatic carbocycles. The Kier molecular flexibility index (Phi) is 6.25. The first-order chi connectivity index (χ1) is 14.8. The van der Waals surface area contributed by atoms with E-state index in [2.05, 4.69) is 6.58 Å². The van der Waals surface area contributed by atoms with Gasteiger partial charge in [-0.1, -0.05) is 6.58 Å². The van der Waals surface area contributed by atoms with E-state index in [4.69, 9.17) is 28.5 Å². The number of hydrogen-bond donors (Lipinski definition) is 1. The van der Waals surface area contributed by atoms with Crippen molar-refractivity contribution in [2.75, 3.05) is 28.4 Å². The average molecular weight is 424 g/mol. The summed E-state index contributed by atoms with van der Waals surface area (Å²) in [6.07, 6.45) is 2.55. The van der Waals surface area contributed by atoms with Crippen LogP contribution in [0.1, 0.15) is 22.5 Å². The van der Waals surface area contributed by atoms with Crippen molar-refractivity contribution in [1.29, 1.82) is 0 Å². The van der Waals surface area contributed by atoms with Crippen molar-refractivity contribution in [3.63, 3.8) is 0 Å². The van der Waals surface area contributed by atoms with Gasteiger partial charge >= 0.3 is 5.97 Å². The Morgan fingerprint density at radius 1 is 0.968 bits per heavy atom. The number of carbonyl (C=O) groups is 1. The molecule has 2 aromatic carbocycles. The molecule has 0 fully saturated rings. The second kappa shape index (κ2) is 8.87. The Morgan fingerprint density at radius 2 is 1.58 bits per heavy atom. The van der Waals surface area contributed by atoms with Gasteiger partial charge in [0.05, 0.1) is 28.4 Å². The molecule has 0 amide bonds. The van der Waals surface area contributed by atoms with Gasteiger partial charge in [0, 0.05) is 34.2 Å². The lowest BCUT2D eigenvalue weighted by molar-refractivity contribution is -0.131. The van der Waals surface area contributed by atoms with Gasteiger partial charge in [-0.2, -0.15) is 0 Å². The standard InChI is InChI=1S/C24H24O7/c1-13(16-10-20(28-4)24(30-6)21(11-16)29-5)23-14(2)17-9-15(7-8-22(25)26)18(27-3)12-19(17)31-23/h7-12H,1H2,2-6H3,(H,25,26)/b8-7+. The fourth-order valence-electron chi connectivity index (χ4n) is 3.41. The van der Waals surface area contributed by atoms with Gasteiger partial charge in [-0.15, -0.1) is 0 Å². The van der Waals surface area contributed by atoms with Crippen LogP contribution in [0.3, 0.4) is 0 Å². The van der Waals surface area contributed by atoms with E-state index >= 15 is 0 Å². The SMILES string of the molecule is C=C(c1cc(OC)c(OC)c(OC)c1)c1oc2cc(OC)c(/C=C/C(=O)O)cc2c1C. The fourth-order valence-corrected chi connectivity index (χ4v) is 3.41. The van der Waals surface area contributed by atoms with Gasteiger partial charge in [0.1, 0.15) is 17.1 Å². The van der Waals surface area contributed by atoms with Crippen molar-refractivity contribution in [2.24, 2.45) is 0 Å². The summed E-state index contributed by atoms with van der Waals surface area (Å²) in [4.78, 5) is 10.9. The van der Waals surface area contributed by atoms with Gasteiger partial charge in [-0.05, 0) is 36.8 Å². The van der Waals surface area contributed by atoms with E-state index in [1.54, 1.807) is 39.5 Å². The number of benzene rings is 2. The fraction of sp³-hybridized carbons (Fsp3) is 0.208. The molecule has 7 nitrogen and oxygen atoms in total. The number of aryl methyl sites for hydroxylation is 1. The van der Waals surface area contributed by atoms with Gasteiger partial charge in [-0.3, -0.25) is 0 Å². The molecule has 0 spiro atoms. The maximum atomic E-state index is 10.9. The van der Waals surface area contributed by atoms with E-state index in [9.17, 15) is 4.79 Å². The molecule has 0 aliphatic heterocycles. The first-order valence-corrected chi connectivity index (χ1v) is 9.36. The maximum Gasteiger partial charge on any atom is 0.328 e. The van der Waals surface area contributed by atoms with Crippen LogP contribution in [-0.4, -0.2) is 39.5 Å². The van der Waals surface area contributed by atoms with Crippen LogP contribution in [0, 0.1) is 6.92 Å². The molecule has 0 saturated heterocycles. The van der Waals surface area contributed by atoms with Gasteiger partial charge in [0.15, 0.2) is 11.5 Å². The highest BCUT2D eigenvalue weighted by Gasteiger charge is 2.20. The van der Waals surface area contributed by atoms with Crippen LogP contribution in [0.2, 0.25) is 0 Å². The Bertz CT molecular complexity index is 1160. The second-order valence-electron chi connectivity index (χ2n) is 6.71. The van der Waals surface area contributed by atoms with E-state index in [0.29, 0.717) is 45.5 Å². The van der Waals surface area contributed by atoms with Crippen LogP contribution < -0.4 is 18.9 Å². The number of hydrogen-bond acceptors (Lipinski definition) is 6. The Morgan fingerprint density at radius 3 is 2.10 bits per heavy atom. The number of furan rings is 1. The molecular formula is C24H24O7. The summed E-state index contributed by atoms with van der Waals surface area (Å²) in [5.41, 5.74) is 3.47. The Labute approximate surface area is 180 Å². The molecule has 0 aliphatic rings. The van der Waals surface area contributed by atoms with E-state index in [1.165, 1.54) is 13.2 Å². The molecule has 7 heteroatoms. The molecule has 0 bridgehead atoms. The van der Waals surface area contributed by atoms with Gasteiger partial charge < -0.3 is 28.5 Å². The summed E-state index contributed by atoms with van der Waals surface area (Å²) in [5, 5.41) is 9.77. The molecule has 0 atom stereocenters. The number of aliphatic carboxylic acids is 1. The van der Waals surface area contributed by atoms with Gasteiger partial charge in [0.2, 0.25) is 5.75 Å². The number of fused-ring (bicyclic) bond motifs is 1. The van der Waals surface area contributed by atoms with Crippen LogP contribution in [0.25, 0.3) is 22.6 Å². The van der Waals surface area contributed by atoms with Crippen molar-refractivity contribution in [1.82, 2.24) is 0 Å². The van der Waals surface area contributed by atoms with E-state index < -0.39 is 5.97 Å². The topological polar surface area (TPSA) is 87.4 Å². The van der Waals surface area contributed by atoms with Gasteiger partial charge in [0.25, 0.3) is 0 Å². The molecule has 31 heavy (non-hydrogen) atoms. The molecule has 1 N–H and O–H groups in total. The van der Waals surface area contributed by atoms with Crippen LogP contribution in [0.15, 0.2) is 41.3 Å². The minimum absolute atomic E-state index is 0.488. The lowest BCUT2D eigenvalue weighted by Crippen LogP contribution is -1.97. The minimum Gasteiger partial charge on any atom is -0.496 e. The largest absolute Gasteiger partial charge is 0.496 e. The van der Waals surface area contributed by atoms with Crippen molar-refractivity contribution in [2.45, 2.75) is 6.92 Å². The third-order valence-corrected chi connectivity index (χ3v) is 4.98. The smallest absolute Gasteiger partial charge is 0.328 e. The third kappa shape index (κ3) is 4.07. The summed E-state index contributed by atoms with van der Waals surface area (Å²) < 4.78 is 27.8. The number of rotatable bonds is 8. The Balaban J connectivity index is 2.14.